The summed E-state index contributed by atoms with van der Waals surface area (Å²) in [6.45, 7) is 4.38. The van der Waals surface area contributed by atoms with Gasteiger partial charge in [0, 0.05) is 30.2 Å². The number of rotatable bonds is 6. The molecule has 1 aromatic heterocycles. The fourth-order valence-corrected chi connectivity index (χ4v) is 1.99. The van der Waals surface area contributed by atoms with Crippen LogP contribution in [0.5, 0.6) is 0 Å². The van der Waals surface area contributed by atoms with Crippen LogP contribution in [-0.4, -0.2) is 33.2 Å². The molecule has 2 N–H and O–H groups in total. The third-order valence-electron chi connectivity index (χ3n) is 3.41. The van der Waals surface area contributed by atoms with Gasteiger partial charge >= 0.3 is 0 Å². The highest BCUT2D eigenvalue weighted by molar-refractivity contribution is 5.94. The first kappa shape index (κ1) is 15.3. The van der Waals surface area contributed by atoms with Gasteiger partial charge in [-0.15, -0.1) is 0 Å². The van der Waals surface area contributed by atoms with Crippen LogP contribution in [0.4, 0.5) is 0 Å². The van der Waals surface area contributed by atoms with Gasteiger partial charge in [0.05, 0.1) is 12.4 Å². The molecule has 112 valence electrons. The van der Waals surface area contributed by atoms with E-state index >= 15 is 0 Å². The van der Waals surface area contributed by atoms with Crippen LogP contribution in [0.25, 0.3) is 5.69 Å². The number of aromatic nitrogens is 2. The van der Waals surface area contributed by atoms with Crippen LogP contribution in [0.3, 0.4) is 0 Å². The largest absolute Gasteiger partial charge is 0.393 e. The zero-order valence-electron chi connectivity index (χ0n) is 12.4. The van der Waals surface area contributed by atoms with Crippen molar-refractivity contribution in [2.45, 2.75) is 26.4 Å². The van der Waals surface area contributed by atoms with E-state index in [2.05, 4.69) is 10.3 Å². The van der Waals surface area contributed by atoms with Gasteiger partial charge in [0.2, 0.25) is 0 Å². The number of amides is 1. The quantitative estimate of drug-likeness (QED) is 0.854. The number of nitrogens with zero attached hydrogens (tertiary/aromatic N) is 2. The predicted molar refractivity (Wildman–Crippen MR) is 81.4 cm³/mol. The zero-order chi connectivity index (χ0) is 15.2. The Morgan fingerprint density at radius 2 is 2.24 bits per heavy atom. The number of imidazole rings is 1. The van der Waals surface area contributed by atoms with E-state index in [4.69, 9.17) is 0 Å². The van der Waals surface area contributed by atoms with Crippen molar-refractivity contribution in [3.05, 3.63) is 48.5 Å². The molecule has 0 aliphatic heterocycles. The van der Waals surface area contributed by atoms with Crippen molar-refractivity contribution in [1.82, 2.24) is 14.9 Å². The Bertz CT molecular complexity index is 579. The van der Waals surface area contributed by atoms with E-state index in [1.165, 1.54) is 0 Å². The van der Waals surface area contributed by atoms with Gasteiger partial charge in [-0.25, -0.2) is 4.98 Å². The Hall–Kier alpha value is -2.14. The van der Waals surface area contributed by atoms with Crippen LogP contribution in [0, 0.1) is 5.92 Å². The Labute approximate surface area is 124 Å². The fourth-order valence-electron chi connectivity index (χ4n) is 1.99. The molecule has 1 amide bonds. The van der Waals surface area contributed by atoms with Gasteiger partial charge in [-0.2, -0.15) is 0 Å². The minimum Gasteiger partial charge on any atom is -0.393 e. The summed E-state index contributed by atoms with van der Waals surface area (Å²) >= 11 is 0. The van der Waals surface area contributed by atoms with Gasteiger partial charge < -0.3 is 15.0 Å². The summed E-state index contributed by atoms with van der Waals surface area (Å²) in [4.78, 5) is 16.1. The van der Waals surface area contributed by atoms with E-state index in [0.29, 0.717) is 18.5 Å². The van der Waals surface area contributed by atoms with E-state index in [1.54, 1.807) is 18.6 Å². The Balaban J connectivity index is 1.95. The minimum atomic E-state index is -0.386. The molecule has 0 fully saturated rings. The minimum absolute atomic E-state index is 0.132. The van der Waals surface area contributed by atoms with Gasteiger partial charge in [0.1, 0.15) is 0 Å². The molecule has 0 radical (unpaired) electrons. The lowest BCUT2D eigenvalue weighted by atomic mass is 10.0. The zero-order valence-corrected chi connectivity index (χ0v) is 12.4. The number of carbonyl (C=O) groups excluding carboxylic acids is 1. The first-order valence-corrected chi connectivity index (χ1v) is 7.12. The molecule has 1 atom stereocenters. The first-order chi connectivity index (χ1) is 10.1. The van der Waals surface area contributed by atoms with Crippen molar-refractivity contribution in [3.63, 3.8) is 0 Å². The summed E-state index contributed by atoms with van der Waals surface area (Å²) in [5, 5.41) is 12.6. The van der Waals surface area contributed by atoms with Crippen molar-refractivity contribution >= 4 is 5.91 Å². The van der Waals surface area contributed by atoms with E-state index in [9.17, 15) is 9.90 Å². The average molecular weight is 287 g/mol. The van der Waals surface area contributed by atoms with Crippen LogP contribution >= 0.6 is 0 Å². The van der Waals surface area contributed by atoms with Gasteiger partial charge in [-0.3, -0.25) is 4.79 Å². The van der Waals surface area contributed by atoms with Gasteiger partial charge in [-0.1, -0.05) is 19.9 Å². The summed E-state index contributed by atoms with van der Waals surface area (Å²) in [6.07, 6.45) is 5.39. The highest BCUT2D eigenvalue weighted by Crippen LogP contribution is 2.10. The number of aliphatic hydroxyl groups is 1. The van der Waals surface area contributed by atoms with E-state index < -0.39 is 0 Å². The number of nitrogens with one attached hydrogen (secondary N) is 1. The SMILES string of the molecule is CC(C)C(O)CCNC(=O)c1cccc(-n2ccnc2)c1. The lowest BCUT2D eigenvalue weighted by Crippen LogP contribution is -2.28. The molecule has 0 spiro atoms. The molecule has 2 rings (SSSR count). The van der Waals surface area contributed by atoms with Crippen molar-refractivity contribution in [2.75, 3.05) is 6.54 Å². The number of hydrogen-bond acceptors (Lipinski definition) is 3. The number of hydrogen-bond donors (Lipinski definition) is 2. The molecule has 1 heterocycles. The molecular formula is C16H21N3O2. The highest BCUT2D eigenvalue weighted by atomic mass is 16.3. The van der Waals surface area contributed by atoms with Gasteiger partial charge in [0.15, 0.2) is 0 Å². The molecule has 5 nitrogen and oxygen atoms in total. The van der Waals surface area contributed by atoms with E-state index in [-0.39, 0.29) is 17.9 Å². The number of benzene rings is 1. The monoisotopic (exact) mass is 287 g/mol. The maximum Gasteiger partial charge on any atom is 0.251 e. The van der Waals surface area contributed by atoms with Crippen molar-refractivity contribution in [3.8, 4) is 5.69 Å². The van der Waals surface area contributed by atoms with Crippen LogP contribution in [0.2, 0.25) is 0 Å². The average Bonchev–Trinajstić information content (AvgIpc) is 3.01. The fraction of sp³-hybridized carbons (Fsp3) is 0.375. The molecule has 21 heavy (non-hydrogen) atoms. The Kier molecular flexibility index (Phi) is 5.11. The normalized spacial score (nSPS) is 12.4. The van der Waals surface area contributed by atoms with Gasteiger partial charge in [-0.05, 0) is 30.5 Å². The summed E-state index contributed by atoms with van der Waals surface area (Å²) < 4.78 is 1.85. The molecule has 0 aliphatic rings. The summed E-state index contributed by atoms with van der Waals surface area (Å²) in [5.74, 6) is 0.0689. The molecule has 5 heteroatoms. The second-order valence-corrected chi connectivity index (χ2v) is 5.38. The maximum absolute atomic E-state index is 12.1. The molecule has 1 unspecified atom stereocenters. The van der Waals surface area contributed by atoms with Crippen molar-refractivity contribution in [2.24, 2.45) is 5.92 Å². The molecule has 0 saturated carbocycles. The molecule has 1 aromatic carbocycles. The van der Waals surface area contributed by atoms with Crippen LogP contribution < -0.4 is 5.32 Å². The molecule has 0 bridgehead atoms. The highest BCUT2D eigenvalue weighted by Gasteiger charge is 2.11. The maximum atomic E-state index is 12.1. The summed E-state index contributed by atoms with van der Waals surface area (Å²) in [7, 11) is 0. The van der Waals surface area contributed by atoms with E-state index in [1.807, 2.05) is 42.8 Å². The van der Waals surface area contributed by atoms with Crippen molar-refractivity contribution in [1.29, 1.82) is 0 Å². The van der Waals surface area contributed by atoms with Gasteiger partial charge in [0.25, 0.3) is 5.91 Å². The Morgan fingerprint density at radius 1 is 1.43 bits per heavy atom. The standard InChI is InChI=1S/C16H21N3O2/c1-12(2)15(20)6-7-18-16(21)13-4-3-5-14(10-13)19-9-8-17-11-19/h3-5,8-12,15,20H,6-7H2,1-2H3,(H,18,21). The number of carbonyl (C=O) groups is 1. The molecule has 0 saturated heterocycles. The summed E-state index contributed by atoms with van der Waals surface area (Å²) in [6, 6.07) is 7.35. The third kappa shape index (κ3) is 4.16. The third-order valence-corrected chi connectivity index (χ3v) is 3.41. The predicted octanol–water partition coefficient (Wildman–Crippen LogP) is 2.01. The molecule has 0 aliphatic carbocycles. The summed E-state index contributed by atoms with van der Waals surface area (Å²) in [5.41, 5.74) is 1.49. The van der Waals surface area contributed by atoms with Crippen LogP contribution in [0.15, 0.2) is 43.0 Å². The Morgan fingerprint density at radius 3 is 2.90 bits per heavy atom. The lowest BCUT2D eigenvalue weighted by molar-refractivity contribution is 0.0920. The first-order valence-electron chi connectivity index (χ1n) is 7.12. The van der Waals surface area contributed by atoms with E-state index in [0.717, 1.165) is 5.69 Å². The topological polar surface area (TPSA) is 67.2 Å². The second-order valence-electron chi connectivity index (χ2n) is 5.38. The van der Waals surface area contributed by atoms with Crippen LogP contribution in [-0.2, 0) is 0 Å². The molecular weight excluding hydrogens is 266 g/mol. The number of aliphatic hydroxyl groups excluding tert-OH is 1. The van der Waals surface area contributed by atoms with Crippen LogP contribution in [0.1, 0.15) is 30.6 Å². The second kappa shape index (κ2) is 7.04. The smallest absolute Gasteiger partial charge is 0.251 e. The van der Waals surface area contributed by atoms with Crippen molar-refractivity contribution < 1.29 is 9.90 Å². The lowest BCUT2D eigenvalue weighted by Gasteiger charge is -2.14. The molecule has 2 aromatic rings.